The molecule has 0 bridgehead atoms. The number of hydrogen-bond acceptors (Lipinski definition) is 4. The van der Waals surface area contributed by atoms with Gasteiger partial charge in [0.1, 0.15) is 5.75 Å². The van der Waals surface area contributed by atoms with Crippen LogP contribution >= 0.6 is 0 Å². The molecule has 1 N–H and O–H groups in total. The Morgan fingerprint density at radius 2 is 2.04 bits per heavy atom. The van der Waals surface area contributed by atoms with Crippen molar-refractivity contribution < 1.29 is 9.47 Å². The molecule has 1 saturated heterocycles. The molecule has 1 heterocycles. The fraction of sp³-hybridized carbons (Fsp3) is 0.682. The first kappa shape index (κ1) is 22.5. The highest BCUT2D eigenvalue weighted by atomic mass is 16.5. The number of rotatable bonds is 9. The molecule has 0 saturated carbocycles. The standard InChI is InChI=1S/C22H38N4O2/c1-6-23-22(26(4)13-10-18-11-14-28-15-12-18)24-17-21(25(2)3)19-8-7-9-20(16-19)27-5/h7-9,16,18,21H,6,10-15,17H2,1-5H3,(H,23,24). The number of methoxy groups -OCH3 is 1. The number of likely N-dealkylation sites (N-methyl/N-ethyl adjacent to an activating group) is 1. The van der Waals surface area contributed by atoms with E-state index in [1.54, 1.807) is 7.11 Å². The van der Waals surface area contributed by atoms with Crippen LogP contribution in [0.3, 0.4) is 0 Å². The van der Waals surface area contributed by atoms with Crippen LogP contribution in [0.1, 0.15) is 37.8 Å². The molecule has 158 valence electrons. The van der Waals surface area contributed by atoms with Crippen LogP contribution in [-0.2, 0) is 4.74 Å². The molecule has 1 unspecified atom stereocenters. The van der Waals surface area contributed by atoms with Crippen molar-refractivity contribution in [3.8, 4) is 5.75 Å². The van der Waals surface area contributed by atoms with Gasteiger partial charge in [-0.1, -0.05) is 12.1 Å². The van der Waals surface area contributed by atoms with Crippen LogP contribution in [-0.4, -0.2) is 76.9 Å². The quantitative estimate of drug-likeness (QED) is 0.519. The molecule has 28 heavy (non-hydrogen) atoms. The summed E-state index contributed by atoms with van der Waals surface area (Å²) in [6, 6.07) is 8.47. The SMILES string of the molecule is CCNC(=NCC(c1cccc(OC)c1)N(C)C)N(C)CCC1CCOCC1. The average Bonchev–Trinajstić information content (AvgIpc) is 2.72. The topological polar surface area (TPSA) is 49.3 Å². The molecule has 0 aliphatic carbocycles. The predicted octanol–water partition coefficient (Wildman–Crippen LogP) is 3.01. The van der Waals surface area contributed by atoms with Crippen molar-refractivity contribution in [1.82, 2.24) is 15.1 Å². The van der Waals surface area contributed by atoms with Crippen molar-refractivity contribution in [2.45, 2.75) is 32.2 Å². The molecule has 6 heteroatoms. The number of nitrogens with one attached hydrogen (secondary N) is 1. The number of aliphatic imine (C=N–C) groups is 1. The Labute approximate surface area is 170 Å². The third-order valence-electron chi connectivity index (χ3n) is 5.43. The van der Waals surface area contributed by atoms with E-state index in [0.29, 0.717) is 6.54 Å². The second-order valence-electron chi connectivity index (χ2n) is 7.72. The Morgan fingerprint density at radius 1 is 1.29 bits per heavy atom. The molecule has 2 rings (SSSR count). The summed E-state index contributed by atoms with van der Waals surface area (Å²) >= 11 is 0. The summed E-state index contributed by atoms with van der Waals surface area (Å²) in [5, 5.41) is 3.45. The Kier molecular flexibility index (Phi) is 9.58. The summed E-state index contributed by atoms with van der Waals surface area (Å²) < 4.78 is 10.9. The fourth-order valence-electron chi connectivity index (χ4n) is 3.58. The van der Waals surface area contributed by atoms with Gasteiger partial charge in [0.05, 0.1) is 19.7 Å². The maximum absolute atomic E-state index is 5.48. The van der Waals surface area contributed by atoms with Crippen molar-refractivity contribution in [1.29, 1.82) is 0 Å². The van der Waals surface area contributed by atoms with Gasteiger partial charge in [-0.3, -0.25) is 4.99 Å². The van der Waals surface area contributed by atoms with Crippen LogP contribution in [0.2, 0.25) is 0 Å². The predicted molar refractivity (Wildman–Crippen MR) is 116 cm³/mol. The van der Waals surface area contributed by atoms with E-state index in [-0.39, 0.29) is 6.04 Å². The van der Waals surface area contributed by atoms with Crippen LogP contribution in [0.5, 0.6) is 5.75 Å². The second kappa shape index (κ2) is 11.9. The highest BCUT2D eigenvalue weighted by molar-refractivity contribution is 5.79. The van der Waals surface area contributed by atoms with E-state index in [2.05, 4.69) is 55.3 Å². The smallest absolute Gasteiger partial charge is 0.193 e. The molecule has 1 aliphatic heterocycles. The maximum Gasteiger partial charge on any atom is 0.193 e. The normalized spacial score (nSPS) is 16.9. The Morgan fingerprint density at radius 3 is 2.68 bits per heavy atom. The van der Waals surface area contributed by atoms with Crippen LogP contribution in [0, 0.1) is 5.92 Å². The molecular weight excluding hydrogens is 352 g/mol. The van der Waals surface area contributed by atoms with Gasteiger partial charge in [0.25, 0.3) is 0 Å². The van der Waals surface area contributed by atoms with Crippen LogP contribution in [0.4, 0.5) is 0 Å². The number of nitrogens with zero attached hydrogens (tertiary/aromatic N) is 3. The number of hydrogen-bond donors (Lipinski definition) is 1. The minimum Gasteiger partial charge on any atom is -0.497 e. The minimum atomic E-state index is 0.202. The molecule has 0 radical (unpaired) electrons. The van der Waals surface area contributed by atoms with Gasteiger partial charge in [0.2, 0.25) is 0 Å². The van der Waals surface area contributed by atoms with Gasteiger partial charge in [-0.15, -0.1) is 0 Å². The van der Waals surface area contributed by atoms with Crippen LogP contribution < -0.4 is 10.1 Å². The first-order valence-corrected chi connectivity index (χ1v) is 10.4. The van der Waals surface area contributed by atoms with Crippen molar-refractivity contribution in [2.75, 3.05) is 61.1 Å². The molecule has 1 aromatic carbocycles. The lowest BCUT2D eigenvalue weighted by Gasteiger charge is -2.28. The highest BCUT2D eigenvalue weighted by Gasteiger charge is 2.17. The van der Waals surface area contributed by atoms with Gasteiger partial charge in [0.15, 0.2) is 5.96 Å². The Bertz CT molecular complexity index is 600. The molecule has 1 fully saturated rings. The van der Waals surface area contributed by atoms with Gasteiger partial charge in [0, 0.05) is 33.4 Å². The maximum atomic E-state index is 5.48. The van der Waals surface area contributed by atoms with Crippen LogP contribution in [0.25, 0.3) is 0 Å². The number of benzene rings is 1. The zero-order chi connectivity index (χ0) is 20.4. The van der Waals surface area contributed by atoms with Gasteiger partial charge in [-0.25, -0.2) is 0 Å². The zero-order valence-electron chi connectivity index (χ0n) is 18.3. The molecule has 1 atom stereocenters. The van der Waals surface area contributed by atoms with E-state index < -0.39 is 0 Å². The number of ether oxygens (including phenoxy) is 2. The first-order chi connectivity index (χ1) is 13.5. The monoisotopic (exact) mass is 390 g/mol. The zero-order valence-corrected chi connectivity index (χ0v) is 18.3. The van der Waals surface area contributed by atoms with Gasteiger partial charge < -0.3 is 24.6 Å². The van der Waals surface area contributed by atoms with E-state index in [1.165, 1.54) is 24.8 Å². The molecule has 0 amide bonds. The van der Waals surface area contributed by atoms with Crippen molar-refractivity contribution in [3.05, 3.63) is 29.8 Å². The van der Waals surface area contributed by atoms with Gasteiger partial charge in [-0.05, 0) is 63.9 Å². The summed E-state index contributed by atoms with van der Waals surface area (Å²) in [5.41, 5.74) is 1.22. The van der Waals surface area contributed by atoms with E-state index in [0.717, 1.165) is 43.9 Å². The Balaban J connectivity index is 2.02. The summed E-state index contributed by atoms with van der Waals surface area (Å²) in [7, 11) is 8.04. The molecule has 1 aromatic rings. The molecule has 6 nitrogen and oxygen atoms in total. The summed E-state index contributed by atoms with van der Waals surface area (Å²) in [5.74, 6) is 2.63. The van der Waals surface area contributed by atoms with E-state index in [4.69, 9.17) is 14.5 Å². The third-order valence-corrected chi connectivity index (χ3v) is 5.43. The van der Waals surface area contributed by atoms with Gasteiger partial charge in [-0.2, -0.15) is 0 Å². The average molecular weight is 391 g/mol. The summed E-state index contributed by atoms with van der Waals surface area (Å²) in [6.45, 7) is 6.52. The van der Waals surface area contributed by atoms with E-state index in [1.807, 2.05) is 12.1 Å². The minimum absolute atomic E-state index is 0.202. The highest BCUT2D eigenvalue weighted by Crippen LogP contribution is 2.23. The largest absolute Gasteiger partial charge is 0.497 e. The van der Waals surface area contributed by atoms with Crippen molar-refractivity contribution in [2.24, 2.45) is 10.9 Å². The lowest BCUT2D eigenvalue weighted by atomic mass is 9.96. The third kappa shape index (κ3) is 6.99. The Hall–Kier alpha value is -1.79. The van der Waals surface area contributed by atoms with Crippen LogP contribution in [0.15, 0.2) is 29.3 Å². The van der Waals surface area contributed by atoms with E-state index in [9.17, 15) is 0 Å². The molecule has 0 aromatic heterocycles. The molecular formula is C22H38N4O2. The lowest BCUT2D eigenvalue weighted by molar-refractivity contribution is 0.0625. The van der Waals surface area contributed by atoms with Crippen molar-refractivity contribution in [3.63, 3.8) is 0 Å². The summed E-state index contributed by atoms with van der Waals surface area (Å²) in [6.07, 6.45) is 3.55. The lowest BCUT2D eigenvalue weighted by Crippen LogP contribution is -2.40. The second-order valence-corrected chi connectivity index (χ2v) is 7.72. The molecule has 0 spiro atoms. The summed E-state index contributed by atoms with van der Waals surface area (Å²) in [4.78, 5) is 9.43. The fourth-order valence-corrected chi connectivity index (χ4v) is 3.58. The first-order valence-electron chi connectivity index (χ1n) is 10.4. The number of guanidine groups is 1. The van der Waals surface area contributed by atoms with Crippen molar-refractivity contribution >= 4 is 5.96 Å². The molecule has 1 aliphatic rings. The van der Waals surface area contributed by atoms with Gasteiger partial charge >= 0.3 is 0 Å². The van der Waals surface area contributed by atoms with E-state index >= 15 is 0 Å².